The Bertz CT molecular complexity index is 344. The number of carbonyl (C=O) groups excluding carboxylic acids is 1. The highest BCUT2D eigenvalue weighted by molar-refractivity contribution is 5.94. The minimum atomic E-state index is 0.0322. The molecule has 1 amide bonds. The lowest BCUT2D eigenvalue weighted by molar-refractivity contribution is 0.0755. The van der Waals surface area contributed by atoms with Gasteiger partial charge in [0.05, 0.1) is 5.56 Å². The van der Waals surface area contributed by atoms with Crippen molar-refractivity contribution < 1.29 is 4.79 Å². The third-order valence-electron chi connectivity index (χ3n) is 2.43. The van der Waals surface area contributed by atoms with Crippen LogP contribution in [0.25, 0.3) is 0 Å². The van der Waals surface area contributed by atoms with E-state index in [0.29, 0.717) is 11.4 Å². The van der Waals surface area contributed by atoms with Gasteiger partial charge in [-0.3, -0.25) is 4.79 Å². The van der Waals surface area contributed by atoms with Crippen molar-refractivity contribution in [3.63, 3.8) is 0 Å². The molecule has 0 spiro atoms. The zero-order chi connectivity index (χ0) is 12.7. The summed E-state index contributed by atoms with van der Waals surface area (Å²) in [7, 11) is 0. The molecule has 0 radical (unpaired) electrons. The molecular weight excluding hydrogens is 216 g/mol. The molecule has 1 heterocycles. The molecule has 0 aromatic carbocycles. The molecule has 1 rings (SSSR count). The monoisotopic (exact) mass is 236 g/mol. The highest BCUT2D eigenvalue weighted by Gasteiger charge is 2.14. The number of hydrogen-bond acceptors (Lipinski definition) is 4. The number of pyridine rings is 1. The summed E-state index contributed by atoms with van der Waals surface area (Å²) in [4.78, 5) is 18.0. The van der Waals surface area contributed by atoms with Crippen LogP contribution in [0.1, 0.15) is 37.0 Å². The minimum Gasteiger partial charge on any atom is -0.339 e. The van der Waals surface area contributed by atoms with Gasteiger partial charge in [0.2, 0.25) is 0 Å². The second-order valence-corrected chi connectivity index (χ2v) is 3.87. The molecule has 17 heavy (non-hydrogen) atoms. The Morgan fingerprint density at radius 3 is 2.41 bits per heavy atom. The molecule has 1 aromatic rings. The average molecular weight is 236 g/mol. The van der Waals surface area contributed by atoms with Gasteiger partial charge in [-0.1, -0.05) is 13.8 Å². The zero-order valence-corrected chi connectivity index (χ0v) is 10.4. The maximum absolute atomic E-state index is 12.2. The van der Waals surface area contributed by atoms with Crippen molar-refractivity contribution in [3.05, 3.63) is 23.9 Å². The van der Waals surface area contributed by atoms with Gasteiger partial charge in [0.25, 0.3) is 5.91 Å². The number of anilines is 1. The van der Waals surface area contributed by atoms with Crippen LogP contribution in [0.4, 0.5) is 5.82 Å². The molecular formula is C12H20N4O. The fourth-order valence-electron chi connectivity index (χ4n) is 1.64. The van der Waals surface area contributed by atoms with Gasteiger partial charge < -0.3 is 10.3 Å². The van der Waals surface area contributed by atoms with Gasteiger partial charge in [0, 0.05) is 19.3 Å². The normalized spacial score (nSPS) is 10.1. The molecule has 5 nitrogen and oxygen atoms in total. The Morgan fingerprint density at radius 1 is 1.35 bits per heavy atom. The quantitative estimate of drug-likeness (QED) is 0.581. The largest absolute Gasteiger partial charge is 0.339 e. The summed E-state index contributed by atoms with van der Waals surface area (Å²) < 4.78 is 0. The molecule has 0 atom stereocenters. The third-order valence-corrected chi connectivity index (χ3v) is 2.43. The van der Waals surface area contributed by atoms with E-state index in [1.165, 1.54) is 0 Å². The van der Waals surface area contributed by atoms with Gasteiger partial charge >= 0.3 is 0 Å². The Morgan fingerprint density at radius 2 is 2.00 bits per heavy atom. The first kappa shape index (κ1) is 13.4. The van der Waals surface area contributed by atoms with Crippen molar-refractivity contribution in [2.24, 2.45) is 5.84 Å². The van der Waals surface area contributed by atoms with Gasteiger partial charge in [0.15, 0.2) is 0 Å². The molecule has 94 valence electrons. The van der Waals surface area contributed by atoms with Crippen molar-refractivity contribution >= 4 is 11.7 Å². The first-order chi connectivity index (χ1) is 8.22. The molecule has 0 aliphatic rings. The van der Waals surface area contributed by atoms with E-state index in [-0.39, 0.29) is 5.91 Å². The van der Waals surface area contributed by atoms with Crippen molar-refractivity contribution in [1.29, 1.82) is 0 Å². The summed E-state index contributed by atoms with van der Waals surface area (Å²) >= 11 is 0. The second kappa shape index (κ2) is 6.85. The predicted octanol–water partition coefficient (Wildman–Crippen LogP) is 1.63. The van der Waals surface area contributed by atoms with Crippen LogP contribution in [-0.2, 0) is 0 Å². The van der Waals surface area contributed by atoms with E-state index in [9.17, 15) is 4.79 Å². The van der Waals surface area contributed by atoms with E-state index in [1.54, 1.807) is 18.3 Å². The number of aromatic nitrogens is 1. The van der Waals surface area contributed by atoms with Gasteiger partial charge in [-0.25, -0.2) is 10.8 Å². The highest BCUT2D eigenvalue weighted by atomic mass is 16.2. The number of nitrogens with two attached hydrogens (primary N) is 1. The molecule has 0 saturated carbocycles. The lowest BCUT2D eigenvalue weighted by Gasteiger charge is -2.21. The molecule has 0 aliphatic heterocycles. The molecule has 0 unspecified atom stereocenters. The summed E-state index contributed by atoms with van der Waals surface area (Å²) in [5, 5.41) is 0. The third kappa shape index (κ3) is 3.71. The Kier molecular flexibility index (Phi) is 5.42. The van der Waals surface area contributed by atoms with Gasteiger partial charge in [-0.05, 0) is 25.0 Å². The summed E-state index contributed by atoms with van der Waals surface area (Å²) in [5.41, 5.74) is 3.04. The lowest BCUT2D eigenvalue weighted by atomic mass is 10.2. The van der Waals surface area contributed by atoms with E-state index in [0.717, 1.165) is 25.9 Å². The van der Waals surface area contributed by atoms with E-state index in [1.807, 2.05) is 4.90 Å². The van der Waals surface area contributed by atoms with Crippen LogP contribution in [0, 0.1) is 0 Å². The van der Waals surface area contributed by atoms with Crippen LogP contribution in [0.3, 0.4) is 0 Å². The molecule has 5 heteroatoms. The van der Waals surface area contributed by atoms with Crippen LogP contribution in [-0.4, -0.2) is 28.9 Å². The first-order valence-corrected chi connectivity index (χ1v) is 5.94. The molecule has 0 saturated heterocycles. The zero-order valence-electron chi connectivity index (χ0n) is 10.4. The first-order valence-electron chi connectivity index (χ1n) is 5.94. The standard InChI is InChI=1S/C12H20N4O/c1-3-7-16(8-4-2)12(17)10-5-6-11(15-13)14-9-10/h5-6,9H,3-4,7-8,13H2,1-2H3,(H,14,15). The number of nitrogens with zero attached hydrogens (tertiary/aromatic N) is 2. The van der Waals surface area contributed by atoms with Crippen molar-refractivity contribution in [2.45, 2.75) is 26.7 Å². The SMILES string of the molecule is CCCN(CCC)C(=O)c1ccc(NN)nc1. The highest BCUT2D eigenvalue weighted by Crippen LogP contribution is 2.08. The van der Waals surface area contributed by atoms with Crippen molar-refractivity contribution in [1.82, 2.24) is 9.88 Å². The molecule has 0 bridgehead atoms. The van der Waals surface area contributed by atoms with E-state index in [4.69, 9.17) is 5.84 Å². The molecule has 1 aromatic heterocycles. The fourth-order valence-corrected chi connectivity index (χ4v) is 1.64. The molecule has 0 fully saturated rings. The van der Waals surface area contributed by atoms with Crippen LogP contribution in [0.15, 0.2) is 18.3 Å². The average Bonchev–Trinajstić information content (AvgIpc) is 2.38. The number of nitrogen functional groups attached to an aromatic ring is 1. The van der Waals surface area contributed by atoms with Crippen LogP contribution in [0.2, 0.25) is 0 Å². The Labute approximate surface area is 102 Å². The summed E-state index contributed by atoms with van der Waals surface area (Å²) in [6, 6.07) is 3.44. The lowest BCUT2D eigenvalue weighted by Crippen LogP contribution is -2.32. The molecule has 0 aliphatic carbocycles. The maximum atomic E-state index is 12.2. The number of hydrogen-bond donors (Lipinski definition) is 2. The molecule has 3 N–H and O–H groups in total. The number of carbonyl (C=O) groups is 1. The van der Waals surface area contributed by atoms with Crippen LogP contribution >= 0.6 is 0 Å². The van der Waals surface area contributed by atoms with E-state index < -0.39 is 0 Å². The summed E-state index contributed by atoms with van der Waals surface area (Å²) in [5.74, 6) is 5.81. The van der Waals surface area contributed by atoms with Crippen LogP contribution < -0.4 is 11.3 Å². The Hall–Kier alpha value is -1.62. The summed E-state index contributed by atoms with van der Waals surface area (Å²) in [6.45, 7) is 5.69. The predicted molar refractivity (Wildman–Crippen MR) is 68.5 cm³/mol. The van der Waals surface area contributed by atoms with Crippen molar-refractivity contribution in [2.75, 3.05) is 18.5 Å². The second-order valence-electron chi connectivity index (χ2n) is 3.87. The number of rotatable bonds is 6. The number of hydrazine groups is 1. The smallest absolute Gasteiger partial charge is 0.255 e. The van der Waals surface area contributed by atoms with E-state index in [2.05, 4.69) is 24.3 Å². The fraction of sp³-hybridized carbons (Fsp3) is 0.500. The number of nitrogens with one attached hydrogen (secondary N) is 1. The summed E-state index contributed by atoms with van der Waals surface area (Å²) in [6.07, 6.45) is 3.47. The number of amides is 1. The van der Waals surface area contributed by atoms with Gasteiger partial charge in [-0.2, -0.15) is 0 Å². The Balaban J connectivity index is 2.77. The minimum absolute atomic E-state index is 0.0322. The van der Waals surface area contributed by atoms with Crippen molar-refractivity contribution in [3.8, 4) is 0 Å². The van der Waals surface area contributed by atoms with Gasteiger partial charge in [-0.15, -0.1) is 0 Å². The maximum Gasteiger partial charge on any atom is 0.255 e. The van der Waals surface area contributed by atoms with Crippen LogP contribution in [0.5, 0.6) is 0 Å². The van der Waals surface area contributed by atoms with E-state index >= 15 is 0 Å². The topological polar surface area (TPSA) is 71.2 Å². The van der Waals surface area contributed by atoms with Gasteiger partial charge in [0.1, 0.15) is 5.82 Å².